The smallest absolute Gasteiger partial charge is 0.224 e. The molecule has 130 valence electrons. The first-order valence-corrected chi connectivity index (χ1v) is 8.86. The number of nitrogens with one attached hydrogen (secondary N) is 3. The van der Waals surface area contributed by atoms with Gasteiger partial charge in [0.2, 0.25) is 5.95 Å². The summed E-state index contributed by atoms with van der Waals surface area (Å²) in [6, 6.07) is 10.3. The highest BCUT2D eigenvalue weighted by molar-refractivity contribution is 5.83. The average Bonchev–Trinajstić information content (AvgIpc) is 3.31. The maximum atomic E-state index is 5.61. The third-order valence-electron chi connectivity index (χ3n) is 4.54. The van der Waals surface area contributed by atoms with Gasteiger partial charge in [-0.15, -0.1) is 0 Å². The number of rotatable bonds is 7. The Morgan fingerprint density at radius 1 is 1.20 bits per heavy atom. The highest BCUT2D eigenvalue weighted by atomic mass is 16.5. The topological polar surface area (TPSA) is 74.9 Å². The van der Waals surface area contributed by atoms with E-state index in [0.717, 1.165) is 44.8 Å². The molecule has 6 heteroatoms. The molecule has 25 heavy (non-hydrogen) atoms. The summed E-state index contributed by atoms with van der Waals surface area (Å²) in [5, 5.41) is 7.93. The molecule has 4 rings (SSSR count). The van der Waals surface area contributed by atoms with E-state index < -0.39 is 0 Å². The molecule has 1 unspecified atom stereocenters. The number of ether oxygens (including phenoxy) is 1. The van der Waals surface area contributed by atoms with Gasteiger partial charge in [-0.1, -0.05) is 18.2 Å². The van der Waals surface area contributed by atoms with Gasteiger partial charge in [0.05, 0.1) is 6.10 Å². The van der Waals surface area contributed by atoms with Crippen molar-refractivity contribution in [1.82, 2.24) is 15.0 Å². The van der Waals surface area contributed by atoms with E-state index in [2.05, 4.69) is 50.0 Å². The maximum Gasteiger partial charge on any atom is 0.224 e. The van der Waals surface area contributed by atoms with E-state index in [1.807, 2.05) is 12.1 Å². The van der Waals surface area contributed by atoms with E-state index in [4.69, 9.17) is 4.74 Å². The predicted molar refractivity (Wildman–Crippen MR) is 100.0 cm³/mol. The van der Waals surface area contributed by atoms with Gasteiger partial charge in [0.25, 0.3) is 0 Å². The van der Waals surface area contributed by atoms with Gasteiger partial charge in [-0.25, -0.2) is 4.98 Å². The molecule has 1 aliphatic rings. The van der Waals surface area contributed by atoms with Crippen LogP contribution in [-0.4, -0.2) is 40.8 Å². The molecular weight excluding hydrogens is 314 g/mol. The summed E-state index contributed by atoms with van der Waals surface area (Å²) in [6.07, 6.45) is 7.33. The Hall–Kier alpha value is -2.60. The van der Waals surface area contributed by atoms with Crippen molar-refractivity contribution in [2.75, 3.05) is 30.3 Å². The van der Waals surface area contributed by atoms with E-state index in [9.17, 15) is 0 Å². The summed E-state index contributed by atoms with van der Waals surface area (Å²) < 4.78 is 5.61. The Labute approximate surface area is 147 Å². The molecule has 1 atom stereocenters. The number of hydrogen-bond acceptors (Lipinski definition) is 5. The number of aromatic nitrogens is 3. The number of H-pyrrole nitrogens is 1. The molecule has 1 aromatic carbocycles. The lowest BCUT2D eigenvalue weighted by Gasteiger charge is -2.11. The van der Waals surface area contributed by atoms with Crippen LogP contribution in [0.4, 0.5) is 11.8 Å². The average molecular weight is 337 g/mol. The monoisotopic (exact) mass is 337 g/mol. The van der Waals surface area contributed by atoms with E-state index in [1.54, 1.807) is 6.20 Å². The molecule has 0 spiro atoms. The fourth-order valence-electron chi connectivity index (χ4n) is 3.22. The fraction of sp³-hybridized carbons (Fsp3) is 0.368. The molecule has 0 amide bonds. The van der Waals surface area contributed by atoms with Gasteiger partial charge in [0, 0.05) is 43.0 Å². The van der Waals surface area contributed by atoms with Gasteiger partial charge in [0.1, 0.15) is 5.82 Å². The molecule has 1 saturated heterocycles. The minimum Gasteiger partial charge on any atom is -0.376 e. The van der Waals surface area contributed by atoms with E-state index in [0.29, 0.717) is 5.95 Å². The van der Waals surface area contributed by atoms with Crippen LogP contribution >= 0.6 is 0 Å². The summed E-state index contributed by atoms with van der Waals surface area (Å²) in [6.45, 7) is 2.45. The third-order valence-corrected chi connectivity index (χ3v) is 4.54. The van der Waals surface area contributed by atoms with Crippen LogP contribution in [0.25, 0.3) is 10.9 Å². The Bertz CT molecular complexity index is 825. The molecule has 6 nitrogen and oxygen atoms in total. The van der Waals surface area contributed by atoms with E-state index >= 15 is 0 Å². The van der Waals surface area contributed by atoms with Gasteiger partial charge < -0.3 is 20.4 Å². The van der Waals surface area contributed by atoms with Gasteiger partial charge in [-0.2, -0.15) is 4.98 Å². The third kappa shape index (κ3) is 3.91. The van der Waals surface area contributed by atoms with Crippen LogP contribution < -0.4 is 10.6 Å². The summed E-state index contributed by atoms with van der Waals surface area (Å²) in [5.74, 6) is 1.48. The van der Waals surface area contributed by atoms with Crippen molar-refractivity contribution in [3.05, 3.63) is 48.3 Å². The molecule has 0 saturated carbocycles. The molecule has 1 aliphatic heterocycles. The summed E-state index contributed by atoms with van der Waals surface area (Å²) >= 11 is 0. The first kappa shape index (κ1) is 15.9. The minimum atomic E-state index is 0.280. The van der Waals surface area contributed by atoms with Crippen molar-refractivity contribution in [2.24, 2.45) is 0 Å². The van der Waals surface area contributed by atoms with Gasteiger partial charge in [-0.3, -0.25) is 0 Å². The molecule has 3 N–H and O–H groups in total. The van der Waals surface area contributed by atoms with Crippen molar-refractivity contribution in [3.63, 3.8) is 0 Å². The zero-order valence-electron chi connectivity index (χ0n) is 14.2. The predicted octanol–water partition coefficient (Wildman–Crippen LogP) is 3.20. The Morgan fingerprint density at radius 3 is 3.08 bits per heavy atom. The summed E-state index contributed by atoms with van der Waals surface area (Å²) in [4.78, 5) is 12.1. The first-order chi connectivity index (χ1) is 12.4. The highest BCUT2D eigenvalue weighted by Gasteiger charge is 2.15. The van der Waals surface area contributed by atoms with Crippen LogP contribution in [0.3, 0.4) is 0 Å². The molecule has 2 aromatic heterocycles. The van der Waals surface area contributed by atoms with Crippen molar-refractivity contribution in [3.8, 4) is 0 Å². The van der Waals surface area contributed by atoms with Gasteiger partial charge in [0.15, 0.2) is 0 Å². The van der Waals surface area contributed by atoms with E-state index in [-0.39, 0.29) is 6.10 Å². The first-order valence-electron chi connectivity index (χ1n) is 8.86. The molecule has 1 fully saturated rings. The van der Waals surface area contributed by atoms with Crippen LogP contribution in [0.15, 0.2) is 42.7 Å². The van der Waals surface area contributed by atoms with Crippen molar-refractivity contribution in [1.29, 1.82) is 0 Å². The lowest BCUT2D eigenvalue weighted by atomic mass is 10.1. The lowest BCUT2D eigenvalue weighted by Crippen LogP contribution is -2.19. The second-order valence-corrected chi connectivity index (χ2v) is 6.32. The number of aromatic amines is 1. The lowest BCUT2D eigenvalue weighted by molar-refractivity contribution is 0.120. The van der Waals surface area contributed by atoms with E-state index in [1.165, 1.54) is 16.5 Å². The maximum absolute atomic E-state index is 5.61. The quantitative estimate of drug-likeness (QED) is 0.617. The van der Waals surface area contributed by atoms with Crippen LogP contribution in [0.5, 0.6) is 0 Å². The molecule has 0 radical (unpaired) electrons. The number of hydrogen-bond donors (Lipinski definition) is 3. The van der Waals surface area contributed by atoms with Crippen molar-refractivity contribution < 1.29 is 4.74 Å². The minimum absolute atomic E-state index is 0.280. The van der Waals surface area contributed by atoms with Crippen LogP contribution in [0, 0.1) is 0 Å². The molecule has 3 aromatic rings. The zero-order valence-corrected chi connectivity index (χ0v) is 14.2. The molecule has 3 heterocycles. The summed E-state index contributed by atoms with van der Waals surface area (Å²) in [7, 11) is 0. The SMILES string of the molecule is c1ccc2c(CCNc3ccnc(NCC4CCCO4)n3)c[nH]c2c1. The van der Waals surface area contributed by atoms with Crippen molar-refractivity contribution >= 4 is 22.7 Å². The Balaban J connectivity index is 1.31. The molecular formula is C19H23N5O. The molecule has 0 aliphatic carbocycles. The van der Waals surface area contributed by atoms with Crippen LogP contribution in [0.1, 0.15) is 18.4 Å². The highest BCUT2D eigenvalue weighted by Crippen LogP contribution is 2.18. The summed E-state index contributed by atoms with van der Waals surface area (Å²) in [5.41, 5.74) is 2.49. The number of anilines is 2. The Kier molecular flexibility index (Phi) is 4.79. The second kappa shape index (κ2) is 7.53. The zero-order chi connectivity index (χ0) is 16.9. The number of nitrogens with zero attached hydrogens (tertiary/aromatic N) is 2. The largest absolute Gasteiger partial charge is 0.376 e. The normalized spacial score (nSPS) is 17.0. The fourth-order valence-corrected chi connectivity index (χ4v) is 3.22. The molecule has 0 bridgehead atoms. The van der Waals surface area contributed by atoms with Crippen LogP contribution in [-0.2, 0) is 11.2 Å². The Morgan fingerprint density at radius 2 is 2.16 bits per heavy atom. The number of benzene rings is 1. The van der Waals surface area contributed by atoms with Crippen LogP contribution in [0.2, 0.25) is 0 Å². The van der Waals surface area contributed by atoms with Gasteiger partial charge in [-0.05, 0) is 37.0 Å². The van der Waals surface area contributed by atoms with Crippen molar-refractivity contribution in [2.45, 2.75) is 25.4 Å². The van der Waals surface area contributed by atoms with Gasteiger partial charge >= 0.3 is 0 Å². The number of fused-ring (bicyclic) bond motifs is 1. The second-order valence-electron chi connectivity index (χ2n) is 6.32. The number of para-hydroxylation sites is 1. The standard InChI is InChI=1S/C19H23N5O/c1-2-6-17-16(5-1)14(12-22-17)7-9-20-18-8-10-21-19(24-18)23-13-15-4-3-11-25-15/h1-2,5-6,8,10,12,15,22H,3-4,7,9,11,13H2,(H2,20,21,23,24).